The Hall–Kier alpha value is -1.09. The highest BCUT2D eigenvalue weighted by atomic mass is 19.1. The maximum absolute atomic E-state index is 13.8. The second kappa shape index (κ2) is 8.96. The van der Waals surface area contributed by atoms with Gasteiger partial charge in [-0.3, -0.25) is 0 Å². The third kappa shape index (κ3) is 5.12. The molecular formula is C17H29FN2. The van der Waals surface area contributed by atoms with Crippen LogP contribution in [0.25, 0.3) is 0 Å². The number of rotatable bonds is 9. The van der Waals surface area contributed by atoms with E-state index in [2.05, 4.69) is 25.7 Å². The van der Waals surface area contributed by atoms with Gasteiger partial charge in [0, 0.05) is 13.1 Å². The molecule has 1 rings (SSSR count). The van der Waals surface area contributed by atoms with Gasteiger partial charge in [-0.1, -0.05) is 26.0 Å². The summed E-state index contributed by atoms with van der Waals surface area (Å²) in [6.07, 6.45) is 3.34. The lowest BCUT2D eigenvalue weighted by molar-refractivity contribution is 0.334. The Kier molecular flexibility index (Phi) is 7.60. The highest BCUT2D eigenvalue weighted by Gasteiger charge is 2.14. The van der Waals surface area contributed by atoms with Gasteiger partial charge in [-0.25, -0.2) is 4.39 Å². The predicted molar refractivity (Wildman–Crippen MR) is 85.5 cm³/mol. The van der Waals surface area contributed by atoms with Crippen molar-refractivity contribution < 1.29 is 4.39 Å². The van der Waals surface area contributed by atoms with Gasteiger partial charge in [0.15, 0.2) is 0 Å². The molecule has 0 aromatic heterocycles. The zero-order valence-corrected chi connectivity index (χ0v) is 13.1. The van der Waals surface area contributed by atoms with Crippen molar-refractivity contribution in [2.24, 2.45) is 17.6 Å². The fourth-order valence-electron chi connectivity index (χ4n) is 2.73. The zero-order valence-electron chi connectivity index (χ0n) is 13.1. The highest BCUT2D eigenvalue weighted by molar-refractivity contribution is 5.47. The second-order valence-electron chi connectivity index (χ2n) is 5.75. The molecule has 114 valence electrons. The van der Waals surface area contributed by atoms with Gasteiger partial charge in [-0.2, -0.15) is 0 Å². The van der Waals surface area contributed by atoms with Crippen LogP contribution in [0.2, 0.25) is 0 Å². The van der Waals surface area contributed by atoms with Crippen LogP contribution in [-0.2, 0) is 0 Å². The number of halogens is 1. The Morgan fingerprint density at radius 3 is 2.45 bits per heavy atom. The molecule has 0 heterocycles. The van der Waals surface area contributed by atoms with E-state index in [-0.39, 0.29) is 5.82 Å². The van der Waals surface area contributed by atoms with Crippen molar-refractivity contribution in [1.29, 1.82) is 0 Å². The lowest BCUT2D eigenvalue weighted by atomic mass is 9.88. The van der Waals surface area contributed by atoms with Crippen LogP contribution < -0.4 is 10.6 Å². The first-order chi connectivity index (χ1) is 9.60. The first kappa shape index (κ1) is 17.0. The van der Waals surface area contributed by atoms with E-state index in [0.29, 0.717) is 11.8 Å². The number of hydrogen-bond acceptors (Lipinski definition) is 2. The number of para-hydroxylation sites is 1. The van der Waals surface area contributed by atoms with Crippen LogP contribution in [-0.4, -0.2) is 19.6 Å². The van der Waals surface area contributed by atoms with E-state index in [1.165, 1.54) is 12.5 Å². The first-order valence-corrected chi connectivity index (χ1v) is 7.79. The molecule has 1 unspecified atom stereocenters. The average Bonchev–Trinajstić information content (AvgIpc) is 2.43. The quantitative estimate of drug-likeness (QED) is 0.739. The molecule has 0 fully saturated rings. The van der Waals surface area contributed by atoms with Crippen LogP contribution in [0.3, 0.4) is 0 Å². The molecule has 2 nitrogen and oxygen atoms in total. The Morgan fingerprint density at radius 2 is 1.90 bits per heavy atom. The summed E-state index contributed by atoms with van der Waals surface area (Å²) in [5.41, 5.74) is 6.39. The molecule has 0 saturated carbocycles. The Balaban J connectivity index is 2.52. The summed E-state index contributed by atoms with van der Waals surface area (Å²) in [7, 11) is 0. The number of benzene rings is 1. The lowest BCUT2D eigenvalue weighted by Gasteiger charge is -2.26. The van der Waals surface area contributed by atoms with Gasteiger partial charge >= 0.3 is 0 Å². The summed E-state index contributed by atoms with van der Waals surface area (Å²) in [6.45, 7) is 9.10. The average molecular weight is 280 g/mol. The molecule has 0 amide bonds. The summed E-state index contributed by atoms with van der Waals surface area (Å²) >= 11 is 0. The molecule has 1 aromatic rings. The molecule has 1 aromatic carbocycles. The predicted octanol–water partition coefficient (Wildman–Crippen LogP) is 4.05. The van der Waals surface area contributed by atoms with Crippen LogP contribution in [0.4, 0.5) is 10.1 Å². The van der Waals surface area contributed by atoms with E-state index >= 15 is 0 Å². The molecular weight excluding hydrogens is 251 g/mol. The second-order valence-corrected chi connectivity index (χ2v) is 5.75. The van der Waals surface area contributed by atoms with Crippen molar-refractivity contribution in [3.8, 4) is 0 Å². The summed E-state index contributed by atoms with van der Waals surface area (Å²) in [5, 5.41) is 0. The number of nitrogens with two attached hydrogens (primary N) is 1. The lowest BCUT2D eigenvalue weighted by Crippen LogP contribution is -2.26. The van der Waals surface area contributed by atoms with Gasteiger partial charge in [-0.15, -0.1) is 0 Å². The fraction of sp³-hybridized carbons (Fsp3) is 0.647. The monoisotopic (exact) mass is 280 g/mol. The van der Waals surface area contributed by atoms with Crippen LogP contribution in [0, 0.1) is 17.7 Å². The third-order valence-corrected chi connectivity index (χ3v) is 4.06. The van der Waals surface area contributed by atoms with E-state index in [9.17, 15) is 4.39 Å². The molecule has 0 bridgehead atoms. The van der Waals surface area contributed by atoms with E-state index in [0.717, 1.165) is 38.2 Å². The topological polar surface area (TPSA) is 29.3 Å². The fourth-order valence-corrected chi connectivity index (χ4v) is 2.73. The molecule has 0 aliphatic carbocycles. The number of hydrogen-bond donors (Lipinski definition) is 1. The molecule has 0 radical (unpaired) electrons. The van der Waals surface area contributed by atoms with Gasteiger partial charge in [0.05, 0.1) is 5.69 Å². The molecule has 3 heteroatoms. The molecule has 0 aliphatic rings. The zero-order chi connectivity index (χ0) is 15.0. The van der Waals surface area contributed by atoms with Crippen molar-refractivity contribution in [3.05, 3.63) is 30.1 Å². The van der Waals surface area contributed by atoms with Crippen LogP contribution >= 0.6 is 0 Å². The number of nitrogens with zero attached hydrogens (tertiary/aromatic N) is 1. The van der Waals surface area contributed by atoms with Crippen molar-refractivity contribution in [2.45, 2.75) is 40.0 Å². The summed E-state index contributed by atoms with van der Waals surface area (Å²) in [5.74, 6) is 1.22. The van der Waals surface area contributed by atoms with Crippen LogP contribution in [0.15, 0.2) is 24.3 Å². The Morgan fingerprint density at radius 1 is 1.20 bits per heavy atom. The maximum Gasteiger partial charge on any atom is 0.146 e. The van der Waals surface area contributed by atoms with Crippen molar-refractivity contribution in [1.82, 2.24) is 0 Å². The minimum Gasteiger partial charge on any atom is -0.369 e. The van der Waals surface area contributed by atoms with Crippen molar-refractivity contribution in [3.63, 3.8) is 0 Å². The van der Waals surface area contributed by atoms with E-state index < -0.39 is 0 Å². The smallest absolute Gasteiger partial charge is 0.146 e. The van der Waals surface area contributed by atoms with E-state index in [4.69, 9.17) is 5.73 Å². The van der Waals surface area contributed by atoms with Gasteiger partial charge in [0.25, 0.3) is 0 Å². The van der Waals surface area contributed by atoms with Crippen LogP contribution in [0.5, 0.6) is 0 Å². The summed E-state index contributed by atoms with van der Waals surface area (Å²) in [6, 6.07) is 7.02. The Bertz CT molecular complexity index is 379. The number of anilines is 1. The van der Waals surface area contributed by atoms with Gasteiger partial charge in [0.2, 0.25) is 0 Å². The van der Waals surface area contributed by atoms with E-state index in [1.54, 1.807) is 6.07 Å². The van der Waals surface area contributed by atoms with Gasteiger partial charge in [-0.05, 0) is 56.7 Å². The SMILES string of the molecule is CCN(CCCC(CCN)C(C)C)c1ccccc1F. The largest absolute Gasteiger partial charge is 0.369 e. The molecule has 0 spiro atoms. The maximum atomic E-state index is 13.8. The van der Waals surface area contributed by atoms with Crippen LogP contribution in [0.1, 0.15) is 40.0 Å². The molecule has 0 aliphatic heterocycles. The molecule has 2 N–H and O–H groups in total. The van der Waals surface area contributed by atoms with E-state index in [1.807, 2.05) is 12.1 Å². The molecule has 20 heavy (non-hydrogen) atoms. The third-order valence-electron chi connectivity index (χ3n) is 4.06. The minimum absolute atomic E-state index is 0.128. The van der Waals surface area contributed by atoms with Gasteiger partial charge in [0.1, 0.15) is 5.82 Å². The highest BCUT2D eigenvalue weighted by Crippen LogP contribution is 2.23. The van der Waals surface area contributed by atoms with Crippen molar-refractivity contribution in [2.75, 3.05) is 24.5 Å². The molecule has 1 atom stereocenters. The standard InChI is InChI=1S/C17H29FN2/c1-4-20(17-10-6-5-9-16(17)18)13-7-8-15(11-12-19)14(2)3/h5-6,9-10,14-15H,4,7-8,11-13,19H2,1-3H3. The summed E-state index contributed by atoms with van der Waals surface area (Å²) in [4.78, 5) is 2.12. The van der Waals surface area contributed by atoms with Crippen molar-refractivity contribution >= 4 is 5.69 Å². The van der Waals surface area contributed by atoms with Gasteiger partial charge < -0.3 is 10.6 Å². The summed E-state index contributed by atoms with van der Waals surface area (Å²) < 4.78 is 13.8. The Labute approximate surface area is 123 Å². The molecule has 0 saturated heterocycles. The normalized spacial score (nSPS) is 12.7. The first-order valence-electron chi connectivity index (χ1n) is 7.79. The minimum atomic E-state index is -0.128.